The fourth-order valence-corrected chi connectivity index (χ4v) is 3.25. The van der Waals surface area contributed by atoms with Crippen molar-refractivity contribution in [3.05, 3.63) is 81.5 Å². The third-order valence-electron chi connectivity index (χ3n) is 4.37. The number of fused-ring (bicyclic) bond motifs is 1. The number of nitrogens with zero attached hydrogens (tertiary/aromatic N) is 2. The summed E-state index contributed by atoms with van der Waals surface area (Å²) in [7, 11) is 0. The SMILES string of the molecule is Cc1c(Br)ccc2[nH]c(C(=O)NCc3nc(Cc4ccccc4)no3)cc12. The van der Waals surface area contributed by atoms with Crippen LogP contribution >= 0.6 is 15.9 Å². The second kappa shape index (κ2) is 7.36. The Morgan fingerprint density at radius 2 is 2.04 bits per heavy atom. The minimum Gasteiger partial charge on any atom is -0.351 e. The van der Waals surface area contributed by atoms with Gasteiger partial charge in [-0.05, 0) is 36.2 Å². The molecule has 6 nitrogen and oxygen atoms in total. The molecule has 0 radical (unpaired) electrons. The highest BCUT2D eigenvalue weighted by Gasteiger charge is 2.13. The fourth-order valence-electron chi connectivity index (χ4n) is 2.91. The number of halogens is 1. The van der Waals surface area contributed by atoms with Crippen LogP contribution in [0.15, 0.2) is 57.5 Å². The van der Waals surface area contributed by atoms with Gasteiger partial charge in [0.25, 0.3) is 5.91 Å². The minimum atomic E-state index is -0.218. The second-order valence-corrected chi connectivity index (χ2v) is 7.12. The van der Waals surface area contributed by atoms with Crippen molar-refractivity contribution in [3.63, 3.8) is 0 Å². The molecule has 2 aromatic carbocycles. The molecular weight excluding hydrogens is 408 g/mol. The molecule has 7 heteroatoms. The highest BCUT2D eigenvalue weighted by molar-refractivity contribution is 9.10. The number of aromatic nitrogens is 3. The maximum absolute atomic E-state index is 12.4. The van der Waals surface area contributed by atoms with Crippen molar-refractivity contribution in [2.75, 3.05) is 0 Å². The average molecular weight is 425 g/mol. The van der Waals surface area contributed by atoms with Crippen LogP contribution in [0.2, 0.25) is 0 Å². The third kappa shape index (κ3) is 3.78. The van der Waals surface area contributed by atoms with Gasteiger partial charge in [-0.25, -0.2) is 0 Å². The number of aromatic amines is 1. The molecule has 0 bridgehead atoms. The summed E-state index contributed by atoms with van der Waals surface area (Å²) in [5.74, 6) is 0.755. The molecule has 2 heterocycles. The molecular formula is C20H17BrN4O2. The summed E-state index contributed by atoms with van der Waals surface area (Å²) < 4.78 is 6.24. The number of hydrogen-bond donors (Lipinski definition) is 2. The number of hydrogen-bond acceptors (Lipinski definition) is 4. The molecule has 4 rings (SSSR count). The summed E-state index contributed by atoms with van der Waals surface area (Å²) in [6, 6.07) is 15.7. The highest BCUT2D eigenvalue weighted by atomic mass is 79.9. The van der Waals surface area contributed by atoms with Crippen LogP contribution in [0.1, 0.15) is 33.3 Å². The van der Waals surface area contributed by atoms with Crippen molar-refractivity contribution >= 4 is 32.7 Å². The molecule has 0 unspecified atom stereocenters. The summed E-state index contributed by atoms with van der Waals surface area (Å²) in [6.45, 7) is 2.19. The van der Waals surface area contributed by atoms with Crippen molar-refractivity contribution < 1.29 is 9.32 Å². The molecule has 0 spiro atoms. The predicted molar refractivity (Wildman–Crippen MR) is 105 cm³/mol. The molecule has 0 fully saturated rings. The zero-order valence-corrected chi connectivity index (χ0v) is 16.2. The van der Waals surface area contributed by atoms with Crippen LogP contribution in [-0.2, 0) is 13.0 Å². The number of nitrogens with one attached hydrogen (secondary N) is 2. The number of carbonyl (C=O) groups is 1. The van der Waals surface area contributed by atoms with Gasteiger partial charge in [0.05, 0.1) is 6.54 Å². The zero-order chi connectivity index (χ0) is 18.8. The molecule has 4 aromatic rings. The van der Waals surface area contributed by atoms with E-state index in [0.29, 0.717) is 23.8 Å². The molecule has 1 amide bonds. The molecule has 0 saturated carbocycles. The quantitative estimate of drug-likeness (QED) is 0.504. The Labute approximate surface area is 164 Å². The molecule has 0 aliphatic rings. The van der Waals surface area contributed by atoms with Gasteiger partial charge in [0.1, 0.15) is 5.69 Å². The van der Waals surface area contributed by atoms with Gasteiger partial charge in [0.15, 0.2) is 5.82 Å². The van der Waals surface area contributed by atoms with Crippen molar-refractivity contribution in [1.29, 1.82) is 0 Å². The van der Waals surface area contributed by atoms with E-state index in [1.54, 1.807) is 0 Å². The van der Waals surface area contributed by atoms with Crippen LogP contribution < -0.4 is 5.32 Å². The first-order valence-electron chi connectivity index (χ1n) is 8.51. The van der Waals surface area contributed by atoms with Crippen molar-refractivity contribution in [1.82, 2.24) is 20.4 Å². The van der Waals surface area contributed by atoms with Crippen LogP contribution in [0.5, 0.6) is 0 Å². The summed E-state index contributed by atoms with van der Waals surface area (Å²) in [6.07, 6.45) is 0.592. The molecule has 0 aliphatic carbocycles. The van der Waals surface area contributed by atoms with E-state index in [4.69, 9.17) is 4.52 Å². The summed E-state index contributed by atoms with van der Waals surface area (Å²) in [5, 5.41) is 7.79. The highest BCUT2D eigenvalue weighted by Crippen LogP contribution is 2.26. The van der Waals surface area contributed by atoms with Crippen molar-refractivity contribution in [3.8, 4) is 0 Å². The maximum atomic E-state index is 12.4. The Bertz CT molecular complexity index is 1100. The molecule has 27 heavy (non-hydrogen) atoms. The van der Waals surface area contributed by atoms with E-state index < -0.39 is 0 Å². The Kier molecular flexibility index (Phi) is 4.77. The standard InChI is InChI=1S/C20H17BrN4O2/c1-12-14-10-17(23-16(14)8-7-15(12)21)20(26)22-11-19-24-18(25-27-19)9-13-5-3-2-4-6-13/h2-8,10,23H,9,11H2,1H3,(H,22,26). The minimum absolute atomic E-state index is 0.179. The van der Waals surface area contributed by atoms with Crippen LogP contribution in [0.25, 0.3) is 10.9 Å². The number of carbonyl (C=O) groups excluding carboxylic acids is 1. The van der Waals surface area contributed by atoms with E-state index in [-0.39, 0.29) is 12.5 Å². The number of amides is 1. The van der Waals surface area contributed by atoms with E-state index in [1.165, 1.54) is 0 Å². The van der Waals surface area contributed by atoms with E-state index in [9.17, 15) is 4.79 Å². The molecule has 0 atom stereocenters. The summed E-state index contributed by atoms with van der Waals surface area (Å²) >= 11 is 3.51. The Morgan fingerprint density at radius 3 is 2.85 bits per heavy atom. The lowest BCUT2D eigenvalue weighted by Gasteiger charge is -1.99. The first kappa shape index (κ1) is 17.5. The predicted octanol–water partition coefficient (Wildman–Crippen LogP) is 4.14. The van der Waals surface area contributed by atoms with Crippen molar-refractivity contribution in [2.45, 2.75) is 19.9 Å². The van der Waals surface area contributed by atoms with Gasteiger partial charge >= 0.3 is 0 Å². The number of H-pyrrole nitrogens is 1. The van der Waals surface area contributed by atoms with Gasteiger partial charge in [-0.3, -0.25) is 4.79 Å². The van der Waals surface area contributed by atoms with Gasteiger partial charge in [-0.15, -0.1) is 0 Å². The number of benzene rings is 2. The van der Waals surface area contributed by atoms with Crippen LogP contribution in [-0.4, -0.2) is 21.0 Å². The topological polar surface area (TPSA) is 83.8 Å². The maximum Gasteiger partial charge on any atom is 0.268 e. The Morgan fingerprint density at radius 1 is 1.22 bits per heavy atom. The lowest BCUT2D eigenvalue weighted by Crippen LogP contribution is -2.23. The monoisotopic (exact) mass is 424 g/mol. The first-order valence-corrected chi connectivity index (χ1v) is 9.31. The lowest BCUT2D eigenvalue weighted by molar-refractivity contribution is 0.0942. The Balaban J connectivity index is 1.42. The average Bonchev–Trinajstić information content (AvgIpc) is 3.31. The molecule has 136 valence electrons. The molecule has 0 saturated heterocycles. The van der Waals surface area contributed by atoms with E-state index in [2.05, 4.69) is 36.4 Å². The largest absolute Gasteiger partial charge is 0.351 e. The van der Waals surface area contributed by atoms with Gasteiger partial charge in [-0.1, -0.05) is 51.4 Å². The normalized spacial score (nSPS) is 11.0. The zero-order valence-electron chi connectivity index (χ0n) is 14.6. The van der Waals surface area contributed by atoms with Crippen molar-refractivity contribution in [2.24, 2.45) is 0 Å². The van der Waals surface area contributed by atoms with Gasteiger partial charge in [0.2, 0.25) is 5.89 Å². The Hall–Kier alpha value is -2.93. The summed E-state index contributed by atoms with van der Waals surface area (Å²) in [4.78, 5) is 19.9. The van der Waals surface area contributed by atoms with Crippen LogP contribution in [0, 0.1) is 6.92 Å². The molecule has 2 aromatic heterocycles. The van der Waals surface area contributed by atoms with E-state index >= 15 is 0 Å². The molecule has 2 N–H and O–H groups in total. The van der Waals surface area contributed by atoms with Crippen LogP contribution in [0.4, 0.5) is 0 Å². The second-order valence-electron chi connectivity index (χ2n) is 6.27. The fraction of sp³-hybridized carbons (Fsp3) is 0.150. The van der Waals surface area contributed by atoms with Gasteiger partial charge < -0.3 is 14.8 Å². The third-order valence-corrected chi connectivity index (χ3v) is 5.23. The van der Waals surface area contributed by atoms with Crippen LogP contribution in [0.3, 0.4) is 0 Å². The van der Waals surface area contributed by atoms with Gasteiger partial charge in [0, 0.05) is 21.8 Å². The van der Waals surface area contributed by atoms with Gasteiger partial charge in [-0.2, -0.15) is 4.98 Å². The van der Waals surface area contributed by atoms with E-state index in [1.807, 2.05) is 55.5 Å². The number of rotatable bonds is 5. The summed E-state index contributed by atoms with van der Waals surface area (Å²) in [5.41, 5.74) is 3.61. The smallest absolute Gasteiger partial charge is 0.268 e. The van der Waals surface area contributed by atoms with E-state index in [0.717, 1.165) is 26.5 Å². The number of aryl methyl sites for hydroxylation is 1. The molecule has 0 aliphatic heterocycles. The first-order chi connectivity index (χ1) is 13.1. The lowest BCUT2D eigenvalue weighted by atomic mass is 10.1.